The second-order valence-corrected chi connectivity index (χ2v) is 4.18. The van der Waals surface area contributed by atoms with E-state index in [1.54, 1.807) is 29.9 Å². The third-order valence-corrected chi connectivity index (χ3v) is 2.86. The van der Waals surface area contributed by atoms with Gasteiger partial charge in [0.15, 0.2) is 4.60 Å². The molecule has 0 saturated carbocycles. The Balaban J connectivity index is 2.59. The van der Waals surface area contributed by atoms with E-state index in [-0.39, 0.29) is 5.75 Å². The molecule has 1 aromatic carbocycles. The summed E-state index contributed by atoms with van der Waals surface area (Å²) in [5.74, 6) is 0.0438. The lowest BCUT2D eigenvalue weighted by Gasteiger charge is -2.03. The zero-order valence-corrected chi connectivity index (χ0v) is 10.1. The summed E-state index contributed by atoms with van der Waals surface area (Å²) in [6.45, 7) is 0. The van der Waals surface area contributed by atoms with E-state index in [4.69, 9.17) is 11.6 Å². The molecule has 0 aliphatic heterocycles. The lowest BCUT2D eigenvalue weighted by Crippen LogP contribution is -1.93. The Morgan fingerprint density at radius 2 is 2.20 bits per heavy atom. The normalized spacial score (nSPS) is 10.6. The number of aryl methyl sites for hydroxylation is 1. The average molecular weight is 289 g/mol. The fraction of sp³-hybridized carbons (Fsp3) is 0.111. The van der Waals surface area contributed by atoms with E-state index in [2.05, 4.69) is 26.2 Å². The molecule has 0 aliphatic carbocycles. The molecule has 1 heterocycles. The van der Waals surface area contributed by atoms with E-state index in [1.165, 1.54) is 0 Å². The summed E-state index contributed by atoms with van der Waals surface area (Å²) in [7, 11) is 1.78. The van der Waals surface area contributed by atoms with Crippen LogP contribution in [0.2, 0.25) is 5.02 Å². The fourth-order valence-corrected chi connectivity index (χ4v) is 1.97. The molecule has 1 aromatic heterocycles. The van der Waals surface area contributed by atoms with E-state index < -0.39 is 0 Å². The Labute approximate surface area is 99.6 Å². The SMILES string of the molecule is Cn1nnc(Br)c1-c1ccc(Cl)c(O)c1. The summed E-state index contributed by atoms with van der Waals surface area (Å²) < 4.78 is 2.25. The standard InChI is InChI=1S/C9H7BrClN3O/c1-14-8(9(10)12-13-14)5-2-3-6(11)7(15)4-5/h2-4,15H,1H3. The first kappa shape index (κ1) is 10.4. The number of hydrogen-bond donors (Lipinski definition) is 1. The summed E-state index contributed by atoms with van der Waals surface area (Å²) in [6.07, 6.45) is 0. The van der Waals surface area contributed by atoms with Gasteiger partial charge in [-0.15, -0.1) is 5.10 Å². The summed E-state index contributed by atoms with van der Waals surface area (Å²) in [6, 6.07) is 5.00. The summed E-state index contributed by atoms with van der Waals surface area (Å²) in [5.41, 5.74) is 1.60. The Hall–Kier alpha value is -1.07. The molecule has 1 N–H and O–H groups in total. The van der Waals surface area contributed by atoms with Crippen molar-refractivity contribution in [1.82, 2.24) is 15.0 Å². The summed E-state index contributed by atoms with van der Waals surface area (Å²) >= 11 is 9.01. The first-order valence-electron chi connectivity index (χ1n) is 4.13. The van der Waals surface area contributed by atoms with Crippen molar-refractivity contribution in [3.63, 3.8) is 0 Å². The van der Waals surface area contributed by atoms with Gasteiger partial charge in [-0.3, -0.25) is 0 Å². The van der Waals surface area contributed by atoms with E-state index >= 15 is 0 Å². The van der Waals surface area contributed by atoms with Crippen molar-refractivity contribution in [1.29, 1.82) is 0 Å². The van der Waals surface area contributed by atoms with Crippen molar-refractivity contribution in [2.24, 2.45) is 7.05 Å². The Kier molecular flexibility index (Phi) is 2.67. The third kappa shape index (κ3) is 1.85. The van der Waals surface area contributed by atoms with Gasteiger partial charge in [-0.1, -0.05) is 22.9 Å². The van der Waals surface area contributed by atoms with Gasteiger partial charge in [0, 0.05) is 12.6 Å². The van der Waals surface area contributed by atoms with Gasteiger partial charge in [-0.25, -0.2) is 4.68 Å². The van der Waals surface area contributed by atoms with Gasteiger partial charge in [0.05, 0.1) is 5.02 Å². The van der Waals surface area contributed by atoms with Crippen LogP contribution in [0.1, 0.15) is 0 Å². The van der Waals surface area contributed by atoms with E-state index in [0.29, 0.717) is 9.63 Å². The minimum atomic E-state index is 0.0438. The van der Waals surface area contributed by atoms with Crippen LogP contribution in [0.25, 0.3) is 11.3 Å². The molecule has 0 atom stereocenters. The molecule has 0 radical (unpaired) electrons. The minimum Gasteiger partial charge on any atom is -0.506 e. The smallest absolute Gasteiger partial charge is 0.156 e. The van der Waals surface area contributed by atoms with Gasteiger partial charge in [0.1, 0.15) is 11.4 Å². The van der Waals surface area contributed by atoms with Crippen LogP contribution in [0.4, 0.5) is 0 Å². The maximum atomic E-state index is 9.48. The summed E-state index contributed by atoms with van der Waals surface area (Å²) in [5, 5.41) is 17.5. The van der Waals surface area contributed by atoms with Gasteiger partial charge in [0.25, 0.3) is 0 Å². The molecule has 2 rings (SSSR count). The van der Waals surface area contributed by atoms with Crippen LogP contribution in [0, 0.1) is 0 Å². The molecular formula is C9H7BrClN3O. The minimum absolute atomic E-state index is 0.0438. The van der Waals surface area contributed by atoms with Gasteiger partial charge < -0.3 is 5.11 Å². The zero-order valence-electron chi connectivity index (χ0n) is 7.78. The highest BCUT2D eigenvalue weighted by Crippen LogP contribution is 2.31. The number of rotatable bonds is 1. The number of hydrogen-bond acceptors (Lipinski definition) is 3. The van der Waals surface area contributed by atoms with Crippen LogP contribution in [0.3, 0.4) is 0 Å². The number of phenols is 1. The number of benzene rings is 1. The number of aromatic nitrogens is 3. The van der Waals surface area contributed by atoms with Crippen LogP contribution < -0.4 is 0 Å². The molecule has 6 heteroatoms. The van der Waals surface area contributed by atoms with Crippen LogP contribution in [0.5, 0.6) is 5.75 Å². The highest BCUT2D eigenvalue weighted by atomic mass is 79.9. The topological polar surface area (TPSA) is 50.9 Å². The van der Waals surface area contributed by atoms with Crippen molar-refractivity contribution >= 4 is 27.5 Å². The third-order valence-electron chi connectivity index (χ3n) is 2.01. The second-order valence-electron chi connectivity index (χ2n) is 3.02. The number of aromatic hydroxyl groups is 1. The van der Waals surface area contributed by atoms with Crippen molar-refractivity contribution in [3.8, 4) is 17.0 Å². The first-order valence-corrected chi connectivity index (χ1v) is 5.30. The summed E-state index contributed by atoms with van der Waals surface area (Å²) in [4.78, 5) is 0. The van der Waals surface area contributed by atoms with Gasteiger partial charge in [-0.2, -0.15) is 0 Å². The Bertz CT molecular complexity index is 493. The number of nitrogens with zero attached hydrogens (tertiary/aromatic N) is 3. The molecule has 0 saturated heterocycles. The average Bonchev–Trinajstić information content (AvgIpc) is 2.52. The molecule has 78 valence electrons. The number of phenolic OH excluding ortho intramolecular Hbond substituents is 1. The molecule has 0 unspecified atom stereocenters. The lowest BCUT2D eigenvalue weighted by atomic mass is 10.1. The molecular weight excluding hydrogens is 281 g/mol. The largest absolute Gasteiger partial charge is 0.506 e. The Morgan fingerprint density at radius 1 is 1.47 bits per heavy atom. The van der Waals surface area contributed by atoms with Crippen LogP contribution in [-0.2, 0) is 7.05 Å². The maximum Gasteiger partial charge on any atom is 0.156 e. The van der Waals surface area contributed by atoms with Crippen molar-refractivity contribution in [3.05, 3.63) is 27.8 Å². The van der Waals surface area contributed by atoms with Crippen LogP contribution in [0.15, 0.2) is 22.8 Å². The van der Waals surface area contributed by atoms with Crippen LogP contribution in [-0.4, -0.2) is 20.1 Å². The van der Waals surface area contributed by atoms with E-state index in [1.807, 2.05) is 0 Å². The monoisotopic (exact) mass is 287 g/mol. The molecule has 0 bridgehead atoms. The van der Waals surface area contributed by atoms with E-state index in [9.17, 15) is 5.11 Å². The van der Waals surface area contributed by atoms with Crippen molar-refractivity contribution < 1.29 is 5.11 Å². The predicted octanol–water partition coefficient (Wildman–Crippen LogP) is 2.60. The molecule has 2 aromatic rings. The quantitative estimate of drug-likeness (QED) is 0.877. The fourth-order valence-electron chi connectivity index (χ4n) is 1.30. The van der Waals surface area contributed by atoms with Crippen LogP contribution >= 0.6 is 27.5 Å². The highest BCUT2D eigenvalue weighted by molar-refractivity contribution is 9.10. The Morgan fingerprint density at radius 3 is 2.73 bits per heavy atom. The lowest BCUT2D eigenvalue weighted by molar-refractivity contribution is 0.476. The first-order chi connectivity index (χ1) is 7.09. The van der Waals surface area contributed by atoms with Crippen molar-refractivity contribution in [2.75, 3.05) is 0 Å². The second kappa shape index (κ2) is 3.83. The highest BCUT2D eigenvalue weighted by Gasteiger charge is 2.11. The maximum absolute atomic E-state index is 9.48. The van der Waals surface area contributed by atoms with Crippen molar-refractivity contribution in [2.45, 2.75) is 0 Å². The van der Waals surface area contributed by atoms with Gasteiger partial charge >= 0.3 is 0 Å². The predicted molar refractivity (Wildman–Crippen MR) is 60.8 cm³/mol. The van der Waals surface area contributed by atoms with Gasteiger partial charge in [0.2, 0.25) is 0 Å². The van der Waals surface area contributed by atoms with E-state index in [0.717, 1.165) is 11.3 Å². The molecule has 15 heavy (non-hydrogen) atoms. The van der Waals surface area contributed by atoms with Gasteiger partial charge in [-0.05, 0) is 28.1 Å². The molecule has 0 spiro atoms. The number of halogens is 2. The molecule has 0 aliphatic rings. The molecule has 4 nitrogen and oxygen atoms in total. The molecule has 0 amide bonds. The molecule has 0 fully saturated rings. The zero-order chi connectivity index (χ0) is 11.0.